The van der Waals surface area contributed by atoms with Gasteiger partial charge in [-0.15, -0.1) is 0 Å². The molecule has 0 bridgehead atoms. The first kappa shape index (κ1) is 36.7. The molecule has 2 fully saturated rings. The maximum atomic E-state index is 11.7. The average Bonchev–Trinajstić information content (AvgIpc) is 4.00. The number of carbonyl (C=O) groups is 2. The van der Waals surface area contributed by atoms with Crippen molar-refractivity contribution in [2.75, 3.05) is 11.5 Å². The fourth-order valence-electron chi connectivity index (χ4n) is 7.01. The number of carboxylic acids is 2. The summed E-state index contributed by atoms with van der Waals surface area (Å²) in [5, 5.41) is 31.8. The molecule has 2 saturated carbocycles. The van der Waals surface area contributed by atoms with Crippen molar-refractivity contribution in [3.05, 3.63) is 112 Å². The van der Waals surface area contributed by atoms with Gasteiger partial charge >= 0.3 is 11.9 Å². The average molecular weight is 732 g/mol. The molecule has 2 aliphatic carbocycles. The number of fused-ring (bicyclic) bond motifs is 1. The topological polar surface area (TPSA) is 108 Å². The number of aromatic nitrogens is 1. The van der Waals surface area contributed by atoms with Crippen molar-refractivity contribution in [2.24, 2.45) is 17.3 Å². The Hall–Kier alpha value is -3.04. The first-order valence-electron chi connectivity index (χ1n) is 17.5. The molecule has 264 valence electrons. The molecule has 4 aromatic rings. The third-order valence-electron chi connectivity index (χ3n) is 10.2. The number of halogens is 1. The Morgan fingerprint density at radius 1 is 0.920 bits per heavy atom. The predicted molar refractivity (Wildman–Crippen MR) is 205 cm³/mol. The molecule has 6 nitrogen and oxygen atoms in total. The highest BCUT2D eigenvalue weighted by Gasteiger charge is 2.45. The van der Waals surface area contributed by atoms with Gasteiger partial charge < -0.3 is 15.3 Å². The van der Waals surface area contributed by atoms with Gasteiger partial charge in [0.05, 0.1) is 17.5 Å². The molecule has 0 aliphatic heterocycles. The lowest BCUT2D eigenvalue weighted by Gasteiger charge is -2.25. The van der Waals surface area contributed by atoms with Crippen molar-refractivity contribution in [3.8, 4) is 0 Å². The van der Waals surface area contributed by atoms with Crippen LogP contribution in [0.5, 0.6) is 0 Å². The minimum atomic E-state index is -0.941. The van der Waals surface area contributed by atoms with Gasteiger partial charge in [0, 0.05) is 45.2 Å². The van der Waals surface area contributed by atoms with Gasteiger partial charge in [0.15, 0.2) is 0 Å². The van der Waals surface area contributed by atoms with Crippen molar-refractivity contribution >= 4 is 58.0 Å². The molecule has 50 heavy (non-hydrogen) atoms. The number of hydrogen-bond donors (Lipinski definition) is 3. The Bertz CT molecular complexity index is 1840. The lowest BCUT2D eigenvalue weighted by molar-refractivity contribution is -0.138. The summed E-state index contributed by atoms with van der Waals surface area (Å²) in [5.74, 6) is 0.922. The second-order valence-electron chi connectivity index (χ2n) is 14.8. The van der Waals surface area contributed by atoms with E-state index in [4.69, 9.17) is 16.6 Å². The monoisotopic (exact) mass is 731 g/mol. The number of carboxylic acid groups (broad SMARTS) is 2. The second-order valence-corrected chi connectivity index (χ2v) is 17.7. The van der Waals surface area contributed by atoms with Crippen molar-refractivity contribution in [1.29, 1.82) is 0 Å². The lowest BCUT2D eigenvalue weighted by atomic mass is 9.90. The minimum absolute atomic E-state index is 0.0790. The molecule has 2 unspecified atom stereocenters. The van der Waals surface area contributed by atoms with E-state index in [0.717, 1.165) is 71.3 Å². The number of pyridine rings is 1. The number of aliphatic carboxylic acids is 2. The van der Waals surface area contributed by atoms with Gasteiger partial charge in [-0.1, -0.05) is 72.3 Å². The van der Waals surface area contributed by atoms with E-state index in [1.54, 1.807) is 0 Å². The van der Waals surface area contributed by atoms with Crippen LogP contribution in [-0.2, 0) is 28.0 Å². The molecule has 3 aromatic carbocycles. The number of benzene rings is 3. The van der Waals surface area contributed by atoms with Gasteiger partial charge in [0.25, 0.3) is 0 Å². The summed E-state index contributed by atoms with van der Waals surface area (Å²) in [6.45, 7) is 3.66. The van der Waals surface area contributed by atoms with E-state index in [0.29, 0.717) is 17.4 Å². The van der Waals surface area contributed by atoms with Crippen molar-refractivity contribution in [2.45, 2.75) is 81.3 Å². The van der Waals surface area contributed by atoms with Crippen LogP contribution in [0.4, 0.5) is 0 Å². The van der Waals surface area contributed by atoms with E-state index in [-0.39, 0.29) is 34.7 Å². The van der Waals surface area contributed by atoms with E-state index < -0.39 is 17.5 Å². The van der Waals surface area contributed by atoms with E-state index in [1.807, 2.05) is 73.8 Å². The number of aryl methyl sites for hydroxylation is 1. The zero-order chi connectivity index (χ0) is 35.5. The normalized spacial score (nSPS) is 19.2. The van der Waals surface area contributed by atoms with Crippen LogP contribution in [0.25, 0.3) is 10.9 Å². The number of nitrogens with zero attached hydrogens (tertiary/aromatic N) is 1. The Morgan fingerprint density at radius 3 is 2.38 bits per heavy atom. The zero-order valence-electron chi connectivity index (χ0n) is 28.7. The summed E-state index contributed by atoms with van der Waals surface area (Å²) in [4.78, 5) is 28.0. The van der Waals surface area contributed by atoms with Crippen LogP contribution in [0.15, 0.2) is 78.9 Å². The van der Waals surface area contributed by atoms with Crippen LogP contribution in [0.2, 0.25) is 5.02 Å². The fourth-order valence-corrected chi connectivity index (χ4v) is 10.3. The quantitative estimate of drug-likeness (QED) is 0.0929. The van der Waals surface area contributed by atoms with Gasteiger partial charge in [0.2, 0.25) is 0 Å². The largest absolute Gasteiger partial charge is 0.481 e. The van der Waals surface area contributed by atoms with Gasteiger partial charge in [0.1, 0.15) is 0 Å². The maximum Gasteiger partial charge on any atom is 0.303 e. The highest BCUT2D eigenvalue weighted by atomic mass is 35.5. The first-order chi connectivity index (χ1) is 23.9. The summed E-state index contributed by atoms with van der Waals surface area (Å²) in [6, 6.07) is 26.9. The Labute approximate surface area is 308 Å². The smallest absolute Gasteiger partial charge is 0.303 e. The van der Waals surface area contributed by atoms with Crippen LogP contribution >= 0.6 is 35.1 Å². The molecule has 9 heteroatoms. The molecule has 0 amide bonds. The number of hydrogen-bond acceptors (Lipinski definition) is 6. The third kappa shape index (κ3) is 9.84. The number of aliphatic hydroxyl groups is 1. The fraction of sp³-hybridized carbons (Fsp3) is 0.439. The van der Waals surface area contributed by atoms with Crippen LogP contribution < -0.4 is 0 Å². The lowest BCUT2D eigenvalue weighted by Crippen LogP contribution is -2.18. The summed E-state index contributed by atoms with van der Waals surface area (Å²) in [5.41, 5.74) is 5.27. The molecule has 2 aliphatic rings. The summed E-state index contributed by atoms with van der Waals surface area (Å²) in [7, 11) is 0. The van der Waals surface area contributed by atoms with Crippen LogP contribution in [0, 0.1) is 17.3 Å². The molecule has 1 heterocycles. The van der Waals surface area contributed by atoms with E-state index in [9.17, 15) is 24.9 Å². The molecule has 3 N–H and O–H groups in total. The molecule has 0 radical (unpaired) electrons. The maximum absolute atomic E-state index is 11.7. The van der Waals surface area contributed by atoms with Gasteiger partial charge in [-0.25, -0.2) is 0 Å². The van der Waals surface area contributed by atoms with E-state index in [2.05, 4.69) is 42.5 Å². The molecule has 4 atom stereocenters. The van der Waals surface area contributed by atoms with Crippen LogP contribution in [0.1, 0.15) is 90.8 Å². The number of rotatable bonds is 18. The molecular formula is C41H46ClNO5S2. The molecular weight excluding hydrogens is 686 g/mol. The second kappa shape index (κ2) is 15.7. The minimum Gasteiger partial charge on any atom is -0.481 e. The highest BCUT2D eigenvalue weighted by molar-refractivity contribution is 7.99. The Kier molecular flexibility index (Phi) is 11.5. The number of thioether (sulfide) groups is 2. The van der Waals surface area contributed by atoms with Crippen molar-refractivity contribution in [3.63, 3.8) is 0 Å². The summed E-state index contributed by atoms with van der Waals surface area (Å²) >= 11 is 10.1. The SMILES string of the molecule is CC(C)(O)c1ccccc1CC[C@@H](SCC1CC1CC(=O)O)c1cccc([C@H](Cc2ccc3ccc(Cl)cc3n2)SCC2(CC(=O)O)CC2)c1. The molecule has 6 rings (SSSR count). The Morgan fingerprint density at radius 2 is 1.66 bits per heavy atom. The van der Waals surface area contributed by atoms with Crippen molar-refractivity contribution < 1.29 is 24.9 Å². The van der Waals surface area contributed by atoms with Gasteiger partial charge in [-0.3, -0.25) is 14.6 Å². The van der Waals surface area contributed by atoms with E-state index >= 15 is 0 Å². The van der Waals surface area contributed by atoms with Crippen molar-refractivity contribution in [1.82, 2.24) is 4.98 Å². The molecule has 0 saturated heterocycles. The summed E-state index contributed by atoms with van der Waals surface area (Å²) in [6.07, 6.45) is 5.69. The Balaban J connectivity index is 1.27. The standard InChI is InChI=1S/C41H46ClNO5S2/c1-40(2,48)34-9-4-3-6-26(34)12-15-36(49-24-31-19-30(31)20-38(44)45)28-7-5-8-29(18-28)37(50-25-41(16-17-41)23-39(46)47)22-33-14-11-27-10-13-32(42)21-35(27)43-33/h3-11,13-14,18,21,30-31,36-37,48H,12,15-17,19-20,22-25H2,1-2H3,(H,44,45)(H,46,47)/t30?,31?,36-,37+/m1/s1. The third-order valence-corrected chi connectivity index (χ3v) is 13.6. The first-order valence-corrected chi connectivity index (χ1v) is 20.0. The van der Waals surface area contributed by atoms with Gasteiger partial charge in [-0.2, -0.15) is 23.5 Å². The highest BCUT2D eigenvalue weighted by Crippen LogP contribution is 2.53. The van der Waals surface area contributed by atoms with Crippen LogP contribution in [0.3, 0.4) is 0 Å². The van der Waals surface area contributed by atoms with Crippen LogP contribution in [-0.4, -0.2) is 43.7 Å². The van der Waals surface area contributed by atoms with Gasteiger partial charge in [-0.05, 0) is 109 Å². The summed E-state index contributed by atoms with van der Waals surface area (Å²) < 4.78 is 0. The van der Waals surface area contributed by atoms with E-state index in [1.165, 1.54) is 11.1 Å². The zero-order valence-corrected chi connectivity index (χ0v) is 31.1. The molecule has 0 spiro atoms. The predicted octanol–water partition coefficient (Wildman–Crippen LogP) is 9.91. The molecule has 1 aromatic heterocycles.